The highest BCUT2D eigenvalue weighted by atomic mass is 32.2. The summed E-state index contributed by atoms with van der Waals surface area (Å²) < 4.78 is 31.0. The predicted octanol–water partition coefficient (Wildman–Crippen LogP) is 4.73. The van der Waals surface area contributed by atoms with Crippen molar-refractivity contribution in [2.45, 2.75) is 4.90 Å². The monoisotopic (exact) mass is 447 g/mol. The second-order valence-corrected chi connectivity index (χ2v) is 8.31. The second-order valence-electron chi connectivity index (χ2n) is 6.80. The van der Waals surface area contributed by atoms with Crippen molar-refractivity contribution in [3.05, 3.63) is 95.0 Å². The second kappa shape index (κ2) is 8.02. The van der Waals surface area contributed by atoms with Gasteiger partial charge in [-0.3, -0.25) is 4.79 Å². The molecule has 0 aliphatic rings. The molecule has 0 unspecified atom stereocenters. The van der Waals surface area contributed by atoms with Crippen LogP contribution in [-0.4, -0.2) is 24.4 Å². The Morgan fingerprint density at radius 1 is 0.875 bits per heavy atom. The number of aromatic hydroxyl groups is 2. The molecule has 9 heteroatoms. The molecule has 0 amide bonds. The summed E-state index contributed by atoms with van der Waals surface area (Å²) in [5, 5.41) is 29.7. The minimum atomic E-state index is -4.38. The lowest BCUT2D eigenvalue weighted by atomic mass is 10.0. The van der Waals surface area contributed by atoms with Crippen LogP contribution >= 0.6 is 0 Å². The molecule has 0 aliphatic heterocycles. The predicted molar refractivity (Wildman–Crippen MR) is 116 cm³/mol. The summed E-state index contributed by atoms with van der Waals surface area (Å²) in [4.78, 5) is 15.3. The number of fused-ring (bicyclic) bond motifs is 1. The molecule has 0 bridgehead atoms. The summed E-state index contributed by atoms with van der Waals surface area (Å²) in [5.74, 6) is -1.44. The van der Waals surface area contributed by atoms with E-state index in [1.165, 1.54) is 42.5 Å². The Kier molecular flexibility index (Phi) is 5.22. The van der Waals surface area contributed by atoms with E-state index in [9.17, 15) is 23.4 Å². The lowest BCUT2D eigenvalue weighted by molar-refractivity contribution is 0.103. The number of hydrogen-bond acceptors (Lipinski definition) is 7. The highest BCUT2D eigenvalue weighted by molar-refractivity contribution is 7.87. The number of phenolic OH excluding ortho intramolecular Hbond substituents is 2. The van der Waals surface area contributed by atoms with Gasteiger partial charge in [-0.1, -0.05) is 42.5 Å². The molecule has 0 saturated heterocycles. The zero-order valence-corrected chi connectivity index (χ0v) is 17.2. The smallest absolute Gasteiger partial charge is 0.426 e. The molecule has 2 N–H and O–H groups in total. The molecule has 0 aliphatic carbocycles. The third-order valence-corrected chi connectivity index (χ3v) is 6.11. The van der Waals surface area contributed by atoms with Crippen molar-refractivity contribution in [1.29, 1.82) is 5.39 Å². The van der Waals surface area contributed by atoms with Gasteiger partial charge in [-0.05, 0) is 24.3 Å². The van der Waals surface area contributed by atoms with Crippen molar-refractivity contribution >= 4 is 32.4 Å². The number of nitrogens with zero attached hydrogens (tertiary/aromatic N) is 2. The number of ketones is 1. The van der Waals surface area contributed by atoms with Crippen LogP contribution in [0, 0.1) is 5.39 Å². The van der Waals surface area contributed by atoms with E-state index in [4.69, 9.17) is 9.58 Å². The summed E-state index contributed by atoms with van der Waals surface area (Å²) in [6.45, 7) is 0. The van der Waals surface area contributed by atoms with Gasteiger partial charge in [0.05, 0.1) is 5.56 Å². The van der Waals surface area contributed by atoms with Crippen molar-refractivity contribution in [2.24, 2.45) is 0 Å². The molecule has 0 fully saturated rings. The summed E-state index contributed by atoms with van der Waals surface area (Å²) in [6, 6.07) is 18.7. The van der Waals surface area contributed by atoms with Gasteiger partial charge < -0.3 is 14.4 Å². The van der Waals surface area contributed by atoms with Crippen LogP contribution in [0.5, 0.6) is 17.2 Å². The molecular formula is C23H15N2O6S+. The van der Waals surface area contributed by atoms with Crippen molar-refractivity contribution in [3.63, 3.8) is 0 Å². The molecule has 4 rings (SSSR count). The van der Waals surface area contributed by atoms with E-state index in [-0.39, 0.29) is 38.4 Å². The van der Waals surface area contributed by atoms with E-state index in [1.54, 1.807) is 30.3 Å². The average molecular weight is 447 g/mol. The first-order valence-corrected chi connectivity index (χ1v) is 10.7. The van der Waals surface area contributed by atoms with Crippen molar-refractivity contribution in [3.8, 4) is 17.2 Å². The zero-order valence-electron chi connectivity index (χ0n) is 16.3. The first kappa shape index (κ1) is 20.8. The number of carbonyl (C=O) groups is 1. The van der Waals surface area contributed by atoms with Crippen molar-refractivity contribution in [2.75, 3.05) is 0 Å². The van der Waals surface area contributed by atoms with Gasteiger partial charge in [0.15, 0.2) is 10.8 Å². The van der Waals surface area contributed by atoms with E-state index in [1.807, 2.05) is 0 Å². The largest absolute Gasteiger partial charge is 0.507 e. The molecule has 0 spiro atoms. The summed E-state index contributed by atoms with van der Waals surface area (Å²) in [5.41, 5.74) is 0.251. The molecule has 32 heavy (non-hydrogen) atoms. The Bertz CT molecular complexity index is 1510. The summed E-state index contributed by atoms with van der Waals surface area (Å²) in [6.07, 6.45) is 0. The van der Waals surface area contributed by atoms with Crippen LogP contribution in [0.15, 0.2) is 83.8 Å². The van der Waals surface area contributed by atoms with E-state index in [2.05, 4.69) is 4.98 Å². The van der Waals surface area contributed by atoms with Gasteiger partial charge in [-0.2, -0.15) is 8.42 Å². The normalized spacial score (nSPS) is 11.1. The molecule has 158 valence electrons. The van der Waals surface area contributed by atoms with Gasteiger partial charge in [-0.25, -0.2) is 0 Å². The van der Waals surface area contributed by atoms with Crippen LogP contribution in [0.3, 0.4) is 0 Å². The lowest BCUT2D eigenvalue weighted by Gasteiger charge is -2.11. The number of diazo groups is 1. The molecule has 0 aromatic heterocycles. The van der Waals surface area contributed by atoms with Gasteiger partial charge in [0.1, 0.15) is 16.4 Å². The van der Waals surface area contributed by atoms with E-state index >= 15 is 0 Å². The molecule has 8 nitrogen and oxygen atoms in total. The van der Waals surface area contributed by atoms with E-state index in [0.29, 0.717) is 5.56 Å². The maximum atomic E-state index is 12.9. The summed E-state index contributed by atoms with van der Waals surface area (Å²) in [7, 11) is -4.38. The fourth-order valence-corrected chi connectivity index (χ4v) is 4.41. The first-order valence-electron chi connectivity index (χ1n) is 9.29. The van der Waals surface area contributed by atoms with Gasteiger partial charge in [-0.15, -0.1) is 0 Å². The molecule has 0 heterocycles. The van der Waals surface area contributed by atoms with Crippen molar-refractivity contribution in [1.82, 2.24) is 0 Å². The maximum absolute atomic E-state index is 12.9. The summed E-state index contributed by atoms with van der Waals surface area (Å²) >= 11 is 0. The highest BCUT2D eigenvalue weighted by Gasteiger charge is 2.25. The number of phenols is 2. The van der Waals surface area contributed by atoms with Crippen LogP contribution in [0.1, 0.15) is 15.9 Å². The Morgan fingerprint density at radius 3 is 2.31 bits per heavy atom. The molecule has 0 atom stereocenters. The Labute approximate surface area is 182 Å². The van der Waals surface area contributed by atoms with E-state index < -0.39 is 21.7 Å². The highest BCUT2D eigenvalue weighted by Crippen LogP contribution is 2.38. The third-order valence-electron chi connectivity index (χ3n) is 4.80. The molecule has 4 aromatic rings. The maximum Gasteiger partial charge on any atom is 0.426 e. The Hall–Kier alpha value is -4.42. The topological polar surface area (TPSA) is 129 Å². The lowest BCUT2D eigenvalue weighted by Crippen LogP contribution is -2.10. The van der Waals surface area contributed by atoms with Crippen LogP contribution in [0.25, 0.3) is 15.7 Å². The van der Waals surface area contributed by atoms with Gasteiger partial charge in [0.2, 0.25) is 11.1 Å². The standard InChI is InChI=1S/C23H14N2O6S/c24-25-19-12-11-16-17(23(19)28)7-4-8-21(16)32(29,30)31-15-9-10-18(20(26)13-15)22(27)14-5-2-1-3-6-14/h1-13H,(H-,26,27,28)/p+1. The van der Waals surface area contributed by atoms with Gasteiger partial charge in [0.25, 0.3) is 0 Å². The van der Waals surface area contributed by atoms with Crippen LogP contribution < -0.4 is 4.18 Å². The number of carbonyl (C=O) groups excluding carboxylic acids is 1. The van der Waals surface area contributed by atoms with Crippen molar-refractivity contribution < 1.29 is 27.6 Å². The first-order chi connectivity index (χ1) is 15.3. The molecular weight excluding hydrogens is 432 g/mol. The SMILES string of the molecule is N#[N+]c1ccc2c(S(=O)(=O)Oc3ccc(C(=O)c4ccccc4)c(O)c3)cccc2c1O. The van der Waals surface area contributed by atoms with Crippen LogP contribution in [-0.2, 0) is 10.1 Å². The zero-order chi connectivity index (χ0) is 22.9. The molecule has 0 saturated carbocycles. The number of hydrogen-bond donors (Lipinski definition) is 2. The van der Waals surface area contributed by atoms with Crippen LogP contribution in [0.4, 0.5) is 5.69 Å². The fraction of sp³-hybridized carbons (Fsp3) is 0. The third kappa shape index (κ3) is 3.71. The molecule has 4 aromatic carbocycles. The number of rotatable bonds is 5. The van der Waals surface area contributed by atoms with Gasteiger partial charge >= 0.3 is 15.8 Å². The average Bonchev–Trinajstić information content (AvgIpc) is 2.79. The Balaban J connectivity index is 1.69. The number of benzene rings is 4. The van der Waals surface area contributed by atoms with E-state index in [0.717, 1.165) is 6.07 Å². The molecule has 0 radical (unpaired) electrons. The Morgan fingerprint density at radius 2 is 1.62 bits per heavy atom. The van der Waals surface area contributed by atoms with Crippen LogP contribution in [0.2, 0.25) is 0 Å². The fourth-order valence-electron chi connectivity index (χ4n) is 3.27. The minimum absolute atomic E-state index is 0.00341. The minimum Gasteiger partial charge on any atom is -0.507 e. The quantitative estimate of drug-likeness (QED) is 0.257. The van der Waals surface area contributed by atoms with Gasteiger partial charge in [0, 0.05) is 28.5 Å².